The van der Waals surface area contributed by atoms with E-state index >= 15 is 0 Å². The lowest BCUT2D eigenvalue weighted by Crippen LogP contribution is -2.33. The van der Waals surface area contributed by atoms with E-state index in [0.29, 0.717) is 0 Å². The molecule has 1 aliphatic heterocycles. The summed E-state index contributed by atoms with van der Waals surface area (Å²) in [4.78, 5) is 21.1. The molecule has 56 valence electrons. The zero-order valence-electron chi connectivity index (χ0n) is 5.88. The Bertz CT molecular complexity index is 176. The Morgan fingerprint density at radius 2 is 2.10 bits per heavy atom. The summed E-state index contributed by atoms with van der Waals surface area (Å²) in [6.45, 7) is 3.69. The molecule has 1 fully saturated rings. The number of carbonyl (C=O) groups excluding carboxylic acids is 2. The zero-order valence-corrected chi connectivity index (χ0v) is 5.88. The molecule has 1 amide bonds. The van der Waals surface area contributed by atoms with Gasteiger partial charge in [-0.25, -0.2) is 9.59 Å². The molecule has 1 atom stereocenters. The van der Waals surface area contributed by atoms with Crippen molar-refractivity contribution in [2.45, 2.75) is 19.9 Å². The Hall–Kier alpha value is -1.06. The van der Waals surface area contributed by atoms with Gasteiger partial charge in [0.1, 0.15) is 6.04 Å². The van der Waals surface area contributed by atoms with Crippen LogP contribution in [0, 0.1) is 5.92 Å². The van der Waals surface area contributed by atoms with E-state index in [1.165, 1.54) is 0 Å². The molecule has 4 nitrogen and oxygen atoms in total. The van der Waals surface area contributed by atoms with Gasteiger partial charge in [0.25, 0.3) is 0 Å². The fourth-order valence-electron chi connectivity index (χ4n) is 0.809. The molecule has 1 rings (SSSR count). The first kappa shape index (κ1) is 7.05. The highest BCUT2D eigenvalue weighted by Gasteiger charge is 2.34. The molecule has 0 spiro atoms. The molecular formula is C6H9NO3. The van der Waals surface area contributed by atoms with E-state index in [1.54, 1.807) is 0 Å². The van der Waals surface area contributed by atoms with Crippen molar-refractivity contribution in [2.24, 2.45) is 5.92 Å². The molecule has 0 aliphatic carbocycles. The van der Waals surface area contributed by atoms with Crippen molar-refractivity contribution in [3.63, 3.8) is 0 Å². The summed E-state index contributed by atoms with van der Waals surface area (Å²) in [7, 11) is 0. The summed E-state index contributed by atoms with van der Waals surface area (Å²) in [6, 6.07) is -0.451. The average Bonchev–Trinajstić information content (AvgIpc) is 2.10. The minimum absolute atomic E-state index is 0.0962. The second kappa shape index (κ2) is 2.28. The van der Waals surface area contributed by atoms with Crippen LogP contribution in [-0.2, 0) is 9.53 Å². The number of alkyl carbamates (subject to hydrolysis) is 1. The first-order valence-electron chi connectivity index (χ1n) is 3.13. The minimum atomic E-state index is -0.635. The van der Waals surface area contributed by atoms with Crippen LogP contribution in [0.15, 0.2) is 0 Å². The standard InChI is InChI=1S/C6H9NO3/c1-3(2)4-5(8)10-6(9)7-4/h3-4H,1-2H3,(H,7,9)/t4-/m0/s1. The molecule has 0 radical (unpaired) electrons. The van der Waals surface area contributed by atoms with Gasteiger partial charge < -0.3 is 10.1 Å². The molecular weight excluding hydrogens is 134 g/mol. The topological polar surface area (TPSA) is 55.4 Å². The highest BCUT2D eigenvalue weighted by molar-refractivity contribution is 5.95. The maximum atomic E-state index is 10.7. The molecule has 0 aromatic heterocycles. The van der Waals surface area contributed by atoms with E-state index in [-0.39, 0.29) is 5.92 Å². The van der Waals surface area contributed by atoms with Crippen molar-refractivity contribution in [3.8, 4) is 0 Å². The second-order valence-corrected chi connectivity index (χ2v) is 2.57. The third-order valence-electron chi connectivity index (χ3n) is 1.39. The predicted octanol–water partition coefficient (Wildman–Crippen LogP) is 0.277. The molecule has 10 heavy (non-hydrogen) atoms. The summed E-state index contributed by atoms with van der Waals surface area (Å²) in [5.41, 5.74) is 0. The van der Waals surface area contributed by atoms with Gasteiger partial charge in [0, 0.05) is 0 Å². The van der Waals surface area contributed by atoms with Crippen molar-refractivity contribution < 1.29 is 14.3 Å². The zero-order chi connectivity index (χ0) is 7.72. The van der Waals surface area contributed by atoms with E-state index in [0.717, 1.165) is 0 Å². The Morgan fingerprint density at radius 3 is 2.30 bits per heavy atom. The van der Waals surface area contributed by atoms with Gasteiger partial charge in [-0.1, -0.05) is 13.8 Å². The maximum Gasteiger partial charge on any atom is 0.415 e. The summed E-state index contributed by atoms with van der Waals surface area (Å²) < 4.78 is 4.25. The molecule has 4 heteroatoms. The third-order valence-corrected chi connectivity index (χ3v) is 1.39. The summed E-state index contributed by atoms with van der Waals surface area (Å²) in [6.07, 6.45) is -0.635. The van der Waals surface area contributed by atoms with Gasteiger partial charge in [-0.05, 0) is 5.92 Å². The van der Waals surface area contributed by atoms with Crippen LogP contribution in [0.5, 0.6) is 0 Å². The summed E-state index contributed by atoms with van der Waals surface area (Å²) in [5.74, 6) is -0.376. The lowest BCUT2D eigenvalue weighted by molar-refractivity contribution is -0.136. The molecule has 1 aliphatic rings. The van der Waals surface area contributed by atoms with Crippen LogP contribution < -0.4 is 5.32 Å². The number of hydrogen-bond donors (Lipinski definition) is 1. The Morgan fingerprint density at radius 1 is 1.50 bits per heavy atom. The lowest BCUT2D eigenvalue weighted by atomic mass is 10.1. The normalized spacial score (nSPS) is 24.9. The number of amides is 1. The number of rotatable bonds is 1. The van der Waals surface area contributed by atoms with Crippen LogP contribution in [-0.4, -0.2) is 18.1 Å². The molecule has 0 aromatic carbocycles. The van der Waals surface area contributed by atoms with Crippen LogP contribution in [0.3, 0.4) is 0 Å². The van der Waals surface area contributed by atoms with Crippen molar-refractivity contribution in [2.75, 3.05) is 0 Å². The van der Waals surface area contributed by atoms with E-state index in [4.69, 9.17) is 0 Å². The molecule has 1 heterocycles. The minimum Gasteiger partial charge on any atom is -0.375 e. The van der Waals surface area contributed by atoms with Gasteiger partial charge in [0.05, 0.1) is 0 Å². The molecule has 0 bridgehead atoms. The van der Waals surface area contributed by atoms with Gasteiger partial charge in [0.15, 0.2) is 0 Å². The van der Waals surface area contributed by atoms with Crippen LogP contribution in [0.2, 0.25) is 0 Å². The highest BCUT2D eigenvalue weighted by atomic mass is 16.6. The first-order chi connectivity index (χ1) is 4.61. The first-order valence-corrected chi connectivity index (χ1v) is 3.13. The van der Waals surface area contributed by atoms with Crippen LogP contribution in [0.1, 0.15) is 13.8 Å². The third kappa shape index (κ3) is 1.10. The Kier molecular flexibility index (Phi) is 1.61. The molecule has 1 N–H and O–H groups in total. The SMILES string of the molecule is CC(C)[C@@H]1NC(=O)OC1=O. The van der Waals surface area contributed by atoms with Gasteiger partial charge in [-0.3, -0.25) is 0 Å². The van der Waals surface area contributed by atoms with E-state index in [1.807, 2.05) is 13.8 Å². The fraction of sp³-hybridized carbons (Fsp3) is 0.667. The van der Waals surface area contributed by atoms with Gasteiger partial charge in [-0.2, -0.15) is 0 Å². The molecule has 0 aromatic rings. The van der Waals surface area contributed by atoms with Crippen LogP contribution in [0.25, 0.3) is 0 Å². The van der Waals surface area contributed by atoms with E-state index in [9.17, 15) is 9.59 Å². The Labute approximate surface area is 58.5 Å². The van der Waals surface area contributed by atoms with E-state index in [2.05, 4.69) is 10.1 Å². The number of hydrogen-bond acceptors (Lipinski definition) is 3. The smallest absolute Gasteiger partial charge is 0.375 e. The number of esters is 1. The number of ether oxygens (including phenoxy) is 1. The van der Waals surface area contributed by atoms with Crippen molar-refractivity contribution in [3.05, 3.63) is 0 Å². The van der Waals surface area contributed by atoms with Crippen LogP contribution >= 0.6 is 0 Å². The van der Waals surface area contributed by atoms with E-state index < -0.39 is 18.1 Å². The highest BCUT2D eigenvalue weighted by Crippen LogP contribution is 2.09. The number of carbonyl (C=O) groups is 2. The average molecular weight is 143 g/mol. The molecule has 0 saturated carbocycles. The monoisotopic (exact) mass is 143 g/mol. The predicted molar refractivity (Wildman–Crippen MR) is 33.2 cm³/mol. The van der Waals surface area contributed by atoms with Gasteiger partial charge >= 0.3 is 12.1 Å². The van der Waals surface area contributed by atoms with Gasteiger partial charge in [-0.15, -0.1) is 0 Å². The quantitative estimate of drug-likeness (QED) is 0.423. The molecule has 0 unspecified atom stereocenters. The lowest BCUT2D eigenvalue weighted by Gasteiger charge is -2.07. The fourth-order valence-corrected chi connectivity index (χ4v) is 0.809. The van der Waals surface area contributed by atoms with Gasteiger partial charge in [0.2, 0.25) is 0 Å². The van der Waals surface area contributed by atoms with Crippen molar-refractivity contribution >= 4 is 12.1 Å². The van der Waals surface area contributed by atoms with Crippen molar-refractivity contribution in [1.29, 1.82) is 0 Å². The summed E-state index contributed by atoms with van der Waals surface area (Å²) in [5, 5.41) is 2.39. The Balaban J connectivity index is 2.63. The van der Waals surface area contributed by atoms with Crippen molar-refractivity contribution in [1.82, 2.24) is 5.32 Å². The van der Waals surface area contributed by atoms with Crippen LogP contribution in [0.4, 0.5) is 4.79 Å². The largest absolute Gasteiger partial charge is 0.415 e. The summed E-state index contributed by atoms with van der Waals surface area (Å²) >= 11 is 0. The maximum absolute atomic E-state index is 10.7. The number of nitrogens with one attached hydrogen (secondary N) is 1. The number of cyclic esters (lactones) is 2. The second-order valence-electron chi connectivity index (χ2n) is 2.57. The molecule has 1 saturated heterocycles.